The van der Waals surface area contributed by atoms with E-state index < -0.39 is 0 Å². The molecule has 1 unspecified atom stereocenters. The highest BCUT2D eigenvalue weighted by Crippen LogP contribution is 2.16. The second kappa shape index (κ2) is 7.74. The summed E-state index contributed by atoms with van der Waals surface area (Å²) in [4.78, 5) is 2.26. The number of ether oxygens (including phenoxy) is 1. The van der Waals surface area contributed by atoms with Gasteiger partial charge in [0.25, 0.3) is 0 Å². The number of hydrogen-bond acceptors (Lipinski definition) is 4. The average molecular weight is 278 g/mol. The van der Waals surface area contributed by atoms with Crippen molar-refractivity contribution in [3.8, 4) is 0 Å². The lowest BCUT2D eigenvalue weighted by atomic mass is 10.0. The maximum atomic E-state index is 10.1. The van der Waals surface area contributed by atoms with Crippen molar-refractivity contribution in [2.45, 2.75) is 26.0 Å². The summed E-state index contributed by atoms with van der Waals surface area (Å²) in [7, 11) is 0. The third-order valence-electron chi connectivity index (χ3n) is 3.89. The van der Waals surface area contributed by atoms with Gasteiger partial charge in [-0.05, 0) is 25.0 Å². The molecule has 4 nitrogen and oxygen atoms in total. The second-order valence-corrected chi connectivity index (χ2v) is 5.55. The molecule has 0 amide bonds. The molecule has 1 aromatic carbocycles. The van der Waals surface area contributed by atoms with Crippen LogP contribution in [0, 0.1) is 6.92 Å². The molecule has 0 saturated carbocycles. The van der Waals surface area contributed by atoms with Crippen LogP contribution in [0.4, 0.5) is 0 Å². The zero-order chi connectivity index (χ0) is 14.4. The summed E-state index contributed by atoms with van der Waals surface area (Å²) in [6, 6.07) is 8.64. The lowest BCUT2D eigenvalue weighted by Crippen LogP contribution is -2.44. The van der Waals surface area contributed by atoms with Crippen LogP contribution in [0.1, 0.15) is 24.1 Å². The molecule has 0 radical (unpaired) electrons. The molecule has 1 saturated heterocycles. The number of benzene rings is 1. The normalized spacial score (nSPS) is 19.8. The molecule has 1 fully saturated rings. The van der Waals surface area contributed by atoms with Crippen LogP contribution in [0.3, 0.4) is 0 Å². The smallest absolute Gasteiger partial charge is 0.0791 e. The molecule has 1 aliphatic rings. The summed E-state index contributed by atoms with van der Waals surface area (Å²) in [5.74, 6) is 0. The SMILES string of the molecule is Cc1ccccc1[C@H](C)NCC(O)CN1CCOCC1. The molecule has 1 aromatic rings. The van der Waals surface area contributed by atoms with E-state index in [1.807, 2.05) is 0 Å². The number of aryl methyl sites for hydroxylation is 1. The highest BCUT2D eigenvalue weighted by atomic mass is 16.5. The molecule has 112 valence electrons. The van der Waals surface area contributed by atoms with Crippen LogP contribution in [0.5, 0.6) is 0 Å². The summed E-state index contributed by atoms with van der Waals surface area (Å²) in [6.45, 7) is 9.00. The van der Waals surface area contributed by atoms with Crippen molar-refractivity contribution in [3.05, 3.63) is 35.4 Å². The van der Waals surface area contributed by atoms with Crippen molar-refractivity contribution in [1.29, 1.82) is 0 Å². The van der Waals surface area contributed by atoms with Gasteiger partial charge in [-0.2, -0.15) is 0 Å². The zero-order valence-electron chi connectivity index (χ0n) is 12.5. The van der Waals surface area contributed by atoms with E-state index >= 15 is 0 Å². The highest BCUT2D eigenvalue weighted by Gasteiger charge is 2.16. The number of nitrogens with one attached hydrogen (secondary N) is 1. The molecule has 0 aromatic heterocycles. The van der Waals surface area contributed by atoms with Crippen molar-refractivity contribution in [2.24, 2.45) is 0 Å². The van der Waals surface area contributed by atoms with Gasteiger partial charge in [0, 0.05) is 32.2 Å². The molecule has 0 aliphatic carbocycles. The highest BCUT2D eigenvalue weighted by molar-refractivity contribution is 5.28. The number of hydrogen-bond donors (Lipinski definition) is 2. The Hall–Kier alpha value is -0.940. The van der Waals surface area contributed by atoms with Crippen molar-refractivity contribution >= 4 is 0 Å². The molecule has 2 rings (SSSR count). The number of morpholine rings is 1. The number of β-amino-alcohol motifs (C(OH)–C–C–N with tert-alkyl or cyclic N) is 1. The first-order valence-electron chi connectivity index (χ1n) is 7.44. The lowest BCUT2D eigenvalue weighted by molar-refractivity contribution is 0.0145. The van der Waals surface area contributed by atoms with Gasteiger partial charge < -0.3 is 15.2 Å². The van der Waals surface area contributed by atoms with E-state index in [0.29, 0.717) is 6.54 Å². The van der Waals surface area contributed by atoms with Crippen LogP contribution in [-0.2, 0) is 4.74 Å². The Morgan fingerprint density at radius 1 is 1.30 bits per heavy atom. The van der Waals surface area contributed by atoms with Crippen molar-refractivity contribution in [2.75, 3.05) is 39.4 Å². The minimum absolute atomic E-state index is 0.260. The van der Waals surface area contributed by atoms with Gasteiger partial charge in [0.15, 0.2) is 0 Å². The van der Waals surface area contributed by atoms with Crippen molar-refractivity contribution in [1.82, 2.24) is 10.2 Å². The van der Waals surface area contributed by atoms with Gasteiger partial charge >= 0.3 is 0 Å². The van der Waals surface area contributed by atoms with E-state index in [2.05, 4.69) is 48.3 Å². The van der Waals surface area contributed by atoms with Crippen molar-refractivity contribution < 1.29 is 9.84 Å². The van der Waals surface area contributed by atoms with E-state index in [1.54, 1.807) is 0 Å². The second-order valence-electron chi connectivity index (χ2n) is 5.55. The Balaban J connectivity index is 1.75. The number of aliphatic hydroxyl groups excluding tert-OH is 1. The van der Waals surface area contributed by atoms with Gasteiger partial charge in [0.05, 0.1) is 19.3 Å². The van der Waals surface area contributed by atoms with Gasteiger partial charge in [0.1, 0.15) is 0 Å². The van der Waals surface area contributed by atoms with E-state index in [1.165, 1.54) is 11.1 Å². The molecular formula is C16H26N2O2. The van der Waals surface area contributed by atoms with Gasteiger partial charge in [0.2, 0.25) is 0 Å². The van der Waals surface area contributed by atoms with Gasteiger partial charge in [-0.1, -0.05) is 24.3 Å². The van der Waals surface area contributed by atoms with Gasteiger partial charge in [-0.25, -0.2) is 0 Å². The first-order valence-corrected chi connectivity index (χ1v) is 7.44. The summed E-state index contributed by atoms with van der Waals surface area (Å²) in [6.07, 6.45) is -0.334. The summed E-state index contributed by atoms with van der Waals surface area (Å²) in [5.41, 5.74) is 2.58. The monoisotopic (exact) mass is 278 g/mol. The molecule has 2 atom stereocenters. The Morgan fingerprint density at radius 2 is 2.00 bits per heavy atom. The minimum Gasteiger partial charge on any atom is -0.390 e. The van der Waals surface area contributed by atoms with Crippen LogP contribution >= 0.6 is 0 Å². The fraction of sp³-hybridized carbons (Fsp3) is 0.625. The third-order valence-corrected chi connectivity index (χ3v) is 3.89. The van der Waals surface area contributed by atoms with Crippen molar-refractivity contribution in [3.63, 3.8) is 0 Å². The fourth-order valence-corrected chi connectivity index (χ4v) is 2.64. The molecule has 0 bridgehead atoms. The topological polar surface area (TPSA) is 44.7 Å². The standard InChI is InChI=1S/C16H26N2O2/c1-13-5-3-4-6-16(13)14(2)17-11-15(19)12-18-7-9-20-10-8-18/h3-6,14-15,17,19H,7-12H2,1-2H3/t14-,15?/m0/s1. The van der Waals surface area contributed by atoms with Crippen LogP contribution in [0.25, 0.3) is 0 Å². The largest absolute Gasteiger partial charge is 0.390 e. The van der Waals surface area contributed by atoms with E-state index in [-0.39, 0.29) is 12.1 Å². The van der Waals surface area contributed by atoms with Crippen LogP contribution in [-0.4, -0.2) is 55.5 Å². The van der Waals surface area contributed by atoms with Crippen LogP contribution < -0.4 is 5.32 Å². The zero-order valence-corrected chi connectivity index (χ0v) is 12.5. The number of nitrogens with zero attached hydrogens (tertiary/aromatic N) is 1. The third kappa shape index (κ3) is 4.56. The summed E-state index contributed by atoms with van der Waals surface area (Å²) in [5, 5.41) is 13.5. The molecular weight excluding hydrogens is 252 g/mol. The predicted octanol–water partition coefficient (Wildman–Crippen LogP) is 1.34. The fourth-order valence-electron chi connectivity index (χ4n) is 2.64. The molecule has 4 heteroatoms. The Morgan fingerprint density at radius 3 is 2.70 bits per heavy atom. The minimum atomic E-state index is -0.334. The Kier molecular flexibility index (Phi) is 5.98. The summed E-state index contributed by atoms with van der Waals surface area (Å²) >= 11 is 0. The van der Waals surface area contributed by atoms with E-state index in [4.69, 9.17) is 4.74 Å². The molecule has 0 spiro atoms. The van der Waals surface area contributed by atoms with Crippen LogP contribution in [0.15, 0.2) is 24.3 Å². The summed E-state index contributed by atoms with van der Waals surface area (Å²) < 4.78 is 5.31. The first kappa shape index (κ1) is 15.4. The lowest BCUT2D eigenvalue weighted by Gasteiger charge is -2.29. The van der Waals surface area contributed by atoms with E-state index in [9.17, 15) is 5.11 Å². The molecule has 1 heterocycles. The number of rotatable bonds is 6. The molecule has 20 heavy (non-hydrogen) atoms. The Bertz CT molecular complexity index is 405. The van der Waals surface area contributed by atoms with E-state index in [0.717, 1.165) is 32.8 Å². The maximum absolute atomic E-state index is 10.1. The molecule has 1 aliphatic heterocycles. The predicted molar refractivity (Wildman–Crippen MR) is 80.9 cm³/mol. The van der Waals surface area contributed by atoms with Gasteiger partial charge in [-0.15, -0.1) is 0 Å². The van der Waals surface area contributed by atoms with Crippen LogP contribution in [0.2, 0.25) is 0 Å². The van der Waals surface area contributed by atoms with Gasteiger partial charge in [-0.3, -0.25) is 4.90 Å². The quantitative estimate of drug-likeness (QED) is 0.824. The Labute approximate surface area is 121 Å². The molecule has 2 N–H and O–H groups in total. The average Bonchev–Trinajstić information content (AvgIpc) is 2.46. The first-order chi connectivity index (χ1) is 9.66. The maximum Gasteiger partial charge on any atom is 0.0791 e. The number of aliphatic hydroxyl groups is 1.